The van der Waals surface area contributed by atoms with Crippen LogP contribution in [-0.2, 0) is 6.54 Å². The molecule has 0 radical (unpaired) electrons. The molecule has 0 unspecified atom stereocenters. The predicted molar refractivity (Wildman–Crippen MR) is 88.4 cm³/mol. The van der Waals surface area contributed by atoms with Crippen molar-refractivity contribution in [1.82, 2.24) is 24.4 Å². The van der Waals surface area contributed by atoms with Gasteiger partial charge in [0.1, 0.15) is 12.1 Å². The lowest BCUT2D eigenvalue weighted by Crippen LogP contribution is -2.41. The van der Waals surface area contributed by atoms with Crippen molar-refractivity contribution in [1.29, 1.82) is 0 Å². The van der Waals surface area contributed by atoms with Crippen molar-refractivity contribution in [2.45, 2.75) is 32.4 Å². The molecule has 7 heteroatoms. The summed E-state index contributed by atoms with van der Waals surface area (Å²) in [4.78, 5) is 26.1. The van der Waals surface area contributed by atoms with Crippen LogP contribution >= 0.6 is 0 Å². The second kappa shape index (κ2) is 7.32. The summed E-state index contributed by atoms with van der Waals surface area (Å²) in [7, 11) is 0. The van der Waals surface area contributed by atoms with E-state index in [0.29, 0.717) is 12.6 Å². The number of nitrogens with one attached hydrogen (secondary N) is 1. The number of anilines is 1. The number of aryl methyl sites for hydroxylation is 1. The van der Waals surface area contributed by atoms with E-state index >= 15 is 0 Å². The van der Waals surface area contributed by atoms with Crippen LogP contribution in [0.5, 0.6) is 0 Å². The van der Waals surface area contributed by atoms with E-state index in [0.717, 1.165) is 44.0 Å². The van der Waals surface area contributed by atoms with E-state index in [-0.39, 0.29) is 5.69 Å². The Kier molecular flexibility index (Phi) is 4.97. The van der Waals surface area contributed by atoms with Gasteiger partial charge in [-0.1, -0.05) is 0 Å². The Bertz CT molecular complexity index is 693. The Morgan fingerprint density at radius 2 is 2.04 bits per heavy atom. The van der Waals surface area contributed by atoms with Crippen LogP contribution in [-0.4, -0.2) is 50.1 Å². The topological polar surface area (TPSA) is 75.9 Å². The van der Waals surface area contributed by atoms with E-state index in [1.165, 1.54) is 6.20 Å². The molecule has 2 aromatic heterocycles. The maximum absolute atomic E-state index is 11.6. The first-order chi connectivity index (χ1) is 11.2. The van der Waals surface area contributed by atoms with E-state index in [1.54, 1.807) is 23.2 Å². The van der Waals surface area contributed by atoms with Gasteiger partial charge in [-0.3, -0.25) is 4.57 Å². The molecule has 1 saturated heterocycles. The minimum absolute atomic E-state index is 0.178. The third kappa shape index (κ3) is 4.35. The summed E-state index contributed by atoms with van der Waals surface area (Å²) >= 11 is 0. The highest BCUT2D eigenvalue weighted by atomic mass is 16.1. The van der Waals surface area contributed by atoms with Crippen molar-refractivity contribution >= 4 is 5.82 Å². The summed E-state index contributed by atoms with van der Waals surface area (Å²) in [6, 6.07) is 4.21. The number of likely N-dealkylation sites (tertiary alicyclic amines) is 1. The van der Waals surface area contributed by atoms with Crippen molar-refractivity contribution in [2.75, 3.05) is 25.0 Å². The minimum atomic E-state index is -0.178. The molecule has 7 nitrogen and oxygen atoms in total. The van der Waals surface area contributed by atoms with Gasteiger partial charge in [-0.2, -0.15) is 0 Å². The zero-order valence-electron chi connectivity index (χ0n) is 13.4. The molecule has 0 spiro atoms. The van der Waals surface area contributed by atoms with Crippen molar-refractivity contribution in [2.24, 2.45) is 0 Å². The molecule has 2 aromatic rings. The maximum Gasteiger partial charge on any atom is 0.347 e. The smallest absolute Gasteiger partial charge is 0.347 e. The van der Waals surface area contributed by atoms with Gasteiger partial charge in [-0.05, 0) is 25.8 Å². The van der Waals surface area contributed by atoms with Crippen LogP contribution in [0.25, 0.3) is 0 Å². The van der Waals surface area contributed by atoms with Gasteiger partial charge in [0.2, 0.25) is 0 Å². The Labute approximate surface area is 135 Å². The Morgan fingerprint density at radius 3 is 2.78 bits per heavy atom. The van der Waals surface area contributed by atoms with Crippen LogP contribution in [0.4, 0.5) is 5.82 Å². The lowest BCUT2D eigenvalue weighted by molar-refractivity contribution is 0.210. The Hall–Kier alpha value is -2.28. The second-order valence-electron chi connectivity index (χ2n) is 5.90. The number of hydrogen-bond donors (Lipinski definition) is 1. The van der Waals surface area contributed by atoms with Gasteiger partial charge in [0.25, 0.3) is 0 Å². The fourth-order valence-electron chi connectivity index (χ4n) is 2.85. The quantitative estimate of drug-likeness (QED) is 0.884. The fraction of sp³-hybridized carbons (Fsp3) is 0.500. The summed E-state index contributed by atoms with van der Waals surface area (Å²) < 4.78 is 1.66. The monoisotopic (exact) mass is 314 g/mol. The highest BCUT2D eigenvalue weighted by molar-refractivity contribution is 5.35. The molecule has 1 N–H and O–H groups in total. The predicted octanol–water partition coefficient (Wildman–Crippen LogP) is 0.918. The van der Waals surface area contributed by atoms with E-state index in [1.807, 2.05) is 13.0 Å². The molecule has 0 bridgehead atoms. The van der Waals surface area contributed by atoms with Gasteiger partial charge < -0.3 is 10.2 Å². The van der Waals surface area contributed by atoms with Crippen molar-refractivity contribution < 1.29 is 0 Å². The fourth-order valence-corrected chi connectivity index (χ4v) is 2.85. The standard InChI is InChI=1S/C16H22N6O/c1-13-11-15(19-12-18-13)20-14-3-7-21(8-4-14)9-10-22-6-2-5-17-16(22)23/h2,5-6,11-12,14H,3-4,7-10H2,1H3,(H,18,19,20). The van der Waals surface area contributed by atoms with E-state index in [9.17, 15) is 4.79 Å². The highest BCUT2D eigenvalue weighted by Gasteiger charge is 2.19. The number of aromatic nitrogens is 4. The SMILES string of the molecule is Cc1cc(NC2CCN(CCn3cccnc3=O)CC2)ncn1. The van der Waals surface area contributed by atoms with Gasteiger partial charge in [0.05, 0.1) is 0 Å². The summed E-state index contributed by atoms with van der Waals surface area (Å²) in [6.45, 7) is 5.59. The lowest BCUT2D eigenvalue weighted by Gasteiger charge is -2.32. The van der Waals surface area contributed by atoms with Crippen LogP contribution < -0.4 is 11.0 Å². The molecule has 3 heterocycles. The molecule has 0 atom stereocenters. The Morgan fingerprint density at radius 1 is 1.22 bits per heavy atom. The van der Waals surface area contributed by atoms with Gasteiger partial charge in [0, 0.05) is 56.4 Å². The van der Waals surface area contributed by atoms with Gasteiger partial charge in [-0.15, -0.1) is 0 Å². The first-order valence-electron chi connectivity index (χ1n) is 8.00. The molecule has 0 saturated carbocycles. The maximum atomic E-state index is 11.6. The molecular weight excluding hydrogens is 292 g/mol. The van der Waals surface area contributed by atoms with Gasteiger partial charge in [-0.25, -0.2) is 19.7 Å². The molecule has 0 aromatic carbocycles. The van der Waals surface area contributed by atoms with Gasteiger partial charge in [0.15, 0.2) is 0 Å². The van der Waals surface area contributed by atoms with Crippen LogP contribution in [0.1, 0.15) is 18.5 Å². The van der Waals surface area contributed by atoms with Crippen molar-refractivity contribution in [3.8, 4) is 0 Å². The van der Waals surface area contributed by atoms with E-state index < -0.39 is 0 Å². The first kappa shape index (κ1) is 15.6. The molecule has 0 aliphatic carbocycles. The van der Waals surface area contributed by atoms with E-state index in [2.05, 4.69) is 25.2 Å². The average molecular weight is 314 g/mol. The van der Waals surface area contributed by atoms with Gasteiger partial charge >= 0.3 is 5.69 Å². The normalized spacial score (nSPS) is 16.4. The zero-order chi connectivity index (χ0) is 16.1. The second-order valence-corrected chi connectivity index (χ2v) is 5.90. The first-order valence-corrected chi connectivity index (χ1v) is 8.00. The molecular formula is C16H22N6O. The summed E-state index contributed by atoms with van der Waals surface area (Å²) in [5, 5.41) is 3.48. The number of hydrogen-bond acceptors (Lipinski definition) is 6. The molecule has 1 aliphatic rings. The third-order valence-electron chi connectivity index (χ3n) is 4.18. The van der Waals surface area contributed by atoms with E-state index in [4.69, 9.17) is 0 Å². The highest BCUT2D eigenvalue weighted by Crippen LogP contribution is 2.15. The Balaban J connectivity index is 1.45. The minimum Gasteiger partial charge on any atom is -0.367 e. The number of rotatable bonds is 5. The average Bonchev–Trinajstić information content (AvgIpc) is 2.56. The number of nitrogens with zero attached hydrogens (tertiary/aromatic N) is 5. The number of piperidine rings is 1. The largest absolute Gasteiger partial charge is 0.367 e. The van der Waals surface area contributed by atoms with Crippen LogP contribution in [0.15, 0.2) is 35.6 Å². The van der Waals surface area contributed by atoms with Crippen molar-refractivity contribution in [3.63, 3.8) is 0 Å². The molecule has 122 valence electrons. The molecule has 3 rings (SSSR count). The van der Waals surface area contributed by atoms with Crippen LogP contribution in [0.2, 0.25) is 0 Å². The zero-order valence-corrected chi connectivity index (χ0v) is 13.4. The van der Waals surface area contributed by atoms with Crippen LogP contribution in [0.3, 0.4) is 0 Å². The molecule has 0 amide bonds. The van der Waals surface area contributed by atoms with Crippen LogP contribution in [0, 0.1) is 6.92 Å². The molecule has 1 fully saturated rings. The molecule has 23 heavy (non-hydrogen) atoms. The summed E-state index contributed by atoms with van der Waals surface area (Å²) in [5.41, 5.74) is 0.796. The third-order valence-corrected chi connectivity index (χ3v) is 4.18. The molecule has 1 aliphatic heterocycles. The lowest BCUT2D eigenvalue weighted by atomic mass is 10.1. The van der Waals surface area contributed by atoms with Crippen molar-refractivity contribution in [3.05, 3.63) is 47.0 Å². The summed E-state index contributed by atoms with van der Waals surface area (Å²) in [5.74, 6) is 0.901. The summed E-state index contributed by atoms with van der Waals surface area (Å²) in [6.07, 6.45) is 7.07.